The van der Waals surface area contributed by atoms with Gasteiger partial charge in [-0.3, -0.25) is 0 Å². The number of rotatable bonds is 7. The number of ether oxygens (including phenoxy) is 1. The van der Waals surface area contributed by atoms with Gasteiger partial charge in [-0.1, -0.05) is 24.6 Å². The molecule has 0 fully saturated rings. The number of aromatic nitrogens is 2. The van der Waals surface area contributed by atoms with Crippen molar-refractivity contribution in [3.8, 4) is 5.75 Å². The third-order valence-corrected chi connectivity index (χ3v) is 3.83. The highest BCUT2D eigenvalue weighted by atomic mass is 35.5. The predicted molar refractivity (Wildman–Crippen MR) is 85.9 cm³/mol. The lowest BCUT2D eigenvalue weighted by Gasteiger charge is -2.12. The number of imidazole rings is 1. The third-order valence-electron chi connectivity index (χ3n) is 3.53. The first kappa shape index (κ1) is 15.9. The number of halogens is 1. The van der Waals surface area contributed by atoms with Crippen LogP contribution < -0.4 is 10.5 Å². The van der Waals surface area contributed by atoms with E-state index in [0.717, 1.165) is 30.8 Å². The minimum absolute atomic E-state index is 0.178. The molecule has 21 heavy (non-hydrogen) atoms. The largest absolute Gasteiger partial charge is 0.490 e. The van der Waals surface area contributed by atoms with Gasteiger partial charge in [-0.05, 0) is 37.5 Å². The predicted octanol–water partition coefficient (Wildman–Crippen LogP) is 3.20. The zero-order valence-electron chi connectivity index (χ0n) is 12.6. The Hall–Kier alpha value is -1.52. The molecule has 0 radical (unpaired) electrons. The Morgan fingerprint density at radius 3 is 2.86 bits per heavy atom. The van der Waals surface area contributed by atoms with Crippen molar-refractivity contribution in [1.82, 2.24) is 9.55 Å². The van der Waals surface area contributed by atoms with Crippen LogP contribution in [0.15, 0.2) is 30.6 Å². The average Bonchev–Trinajstić information content (AvgIpc) is 2.86. The average molecular weight is 308 g/mol. The maximum atomic E-state index is 6.26. The molecular weight excluding hydrogens is 286 g/mol. The molecule has 1 atom stereocenters. The molecule has 1 unspecified atom stereocenters. The lowest BCUT2D eigenvalue weighted by atomic mass is 10.0. The van der Waals surface area contributed by atoms with Gasteiger partial charge in [0, 0.05) is 18.4 Å². The van der Waals surface area contributed by atoms with E-state index in [2.05, 4.69) is 11.9 Å². The highest BCUT2D eigenvalue weighted by Gasteiger charge is 2.06. The van der Waals surface area contributed by atoms with Crippen molar-refractivity contribution >= 4 is 11.6 Å². The molecule has 2 N–H and O–H groups in total. The fourth-order valence-corrected chi connectivity index (χ4v) is 2.39. The van der Waals surface area contributed by atoms with Gasteiger partial charge in [0.25, 0.3) is 0 Å². The van der Waals surface area contributed by atoms with Crippen LogP contribution in [-0.2, 0) is 13.0 Å². The van der Waals surface area contributed by atoms with Gasteiger partial charge in [-0.2, -0.15) is 0 Å². The number of aryl methyl sites for hydroxylation is 1. The summed E-state index contributed by atoms with van der Waals surface area (Å²) in [7, 11) is 0. The molecule has 1 aromatic heterocycles. The van der Waals surface area contributed by atoms with Gasteiger partial charge in [0.2, 0.25) is 0 Å². The molecule has 1 heterocycles. The van der Waals surface area contributed by atoms with Gasteiger partial charge in [-0.25, -0.2) is 4.98 Å². The third kappa shape index (κ3) is 4.48. The molecule has 0 aliphatic rings. The summed E-state index contributed by atoms with van der Waals surface area (Å²) in [6.45, 7) is 5.37. The second kappa shape index (κ2) is 7.48. The molecule has 0 amide bonds. The highest BCUT2D eigenvalue weighted by Crippen LogP contribution is 2.26. The molecule has 2 rings (SSSR count). The molecule has 5 heteroatoms. The maximum absolute atomic E-state index is 6.26. The Kier molecular flexibility index (Phi) is 5.65. The van der Waals surface area contributed by atoms with Crippen LogP contribution in [0.5, 0.6) is 5.75 Å². The lowest BCUT2D eigenvalue weighted by Crippen LogP contribution is -2.21. The van der Waals surface area contributed by atoms with E-state index < -0.39 is 0 Å². The molecule has 0 spiro atoms. The van der Waals surface area contributed by atoms with Crippen LogP contribution in [0.2, 0.25) is 5.02 Å². The summed E-state index contributed by atoms with van der Waals surface area (Å²) in [6, 6.07) is 6.06. The van der Waals surface area contributed by atoms with Crippen LogP contribution in [0.1, 0.15) is 24.7 Å². The molecule has 0 saturated carbocycles. The van der Waals surface area contributed by atoms with E-state index in [4.69, 9.17) is 22.1 Å². The van der Waals surface area contributed by atoms with E-state index in [1.165, 1.54) is 0 Å². The fourth-order valence-electron chi connectivity index (χ4n) is 2.13. The van der Waals surface area contributed by atoms with Crippen molar-refractivity contribution in [2.45, 2.75) is 39.3 Å². The Bertz CT molecular complexity index is 583. The molecule has 0 bridgehead atoms. The smallest absolute Gasteiger partial charge is 0.137 e. The standard InChI is InChI=1S/C16H22ClN3O/c1-3-14(18)10-13-4-5-16(15(17)11-13)21-9-8-20-7-6-19-12(20)2/h4-7,11,14H,3,8-10,18H2,1-2H3. The minimum atomic E-state index is 0.178. The topological polar surface area (TPSA) is 53.1 Å². The van der Waals surface area contributed by atoms with Crippen molar-refractivity contribution in [2.75, 3.05) is 6.61 Å². The first-order valence-electron chi connectivity index (χ1n) is 7.24. The van der Waals surface area contributed by atoms with Gasteiger partial charge >= 0.3 is 0 Å². The molecule has 2 aromatic rings. The Labute approximate surface area is 130 Å². The van der Waals surface area contributed by atoms with Crippen molar-refractivity contribution < 1.29 is 4.74 Å². The van der Waals surface area contributed by atoms with Gasteiger partial charge < -0.3 is 15.0 Å². The quantitative estimate of drug-likeness (QED) is 0.854. The summed E-state index contributed by atoms with van der Waals surface area (Å²) in [6.07, 6.45) is 5.52. The fraction of sp³-hybridized carbons (Fsp3) is 0.438. The molecule has 0 aliphatic heterocycles. The summed E-state index contributed by atoms with van der Waals surface area (Å²) in [5.74, 6) is 1.69. The first-order valence-corrected chi connectivity index (χ1v) is 7.62. The number of hydrogen-bond acceptors (Lipinski definition) is 3. The van der Waals surface area contributed by atoms with E-state index >= 15 is 0 Å². The van der Waals surface area contributed by atoms with Crippen LogP contribution in [0.3, 0.4) is 0 Å². The van der Waals surface area contributed by atoms with E-state index in [-0.39, 0.29) is 6.04 Å². The van der Waals surface area contributed by atoms with Gasteiger partial charge in [0.1, 0.15) is 18.2 Å². The van der Waals surface area contributed by atoms with Crippen molar-refractivity contribution in [3.63, 3.8) is 0 Å². The summed E-state index contributed by atoms with van der Waals surface area (Å²) >= 11 is 6.26. The second-order valence-corrected chi connectivity index (χ2v) is 5.56. The Morgan fingerprint density at radius 1 is 1.43 bits per heavy atom. The molecule has 114 valence electrons. The number of nitrogens with zero attached hydrogens (tertiary/aromatic N) is 2. The second-order valence-electron chi connectivity index (χ2n) is 5.15. The van der Waals surface area contributed by atoms with Gasteiger partial charge in [-0.15, -0.1) is 0 Å². The summed E-state index contributed by atoms with van der Waals surface area (Å²) in [5.41, 5.74) is 7.10. The summed E-state index contributed by atoms with van der Waals surface area (Å²) in [5, 5.41) is 0.637. The van der Waals surface area contributed by atoms with Crippen molar-refractivity contribution in [3.05, 3.63) is 47.0 Å². The van der Waals surface area contributed by atoms with Crippen LogP contribution >= 0.6 is 11.6 Å². The van der Waals surface area contributed by atoms with Crippen LogP contribution in [0, 0.1) is 6.92 Å². The Morgan fingerprint density at radius 2 is 2.24 bits per heavy atom. The normalized spacial score (nSPS) is 12.4. The van der Waals surface area contributed by atoms with Gasteiger partial charge in [0.05, 0.1) is 11.6 Å². The van der Waals surface area contributed by atoms with Crippen LogP contribution in [0.4, 0.5) is 0 Å². The SMILES string of the molecule is CCC(N)Cc1ccc(OCCn2ccnc2C)c(Cl)c1. The zero-order chi connectivity index (χ0) is 15.2. The molecule has 4 nitrogen and oxygen atoms in total. The van der Waals surface area contributed by atoms with E-state index in [0.29, 0.717) is 17.4 Å². The lowest BCUT2D eigenvalue weighted by molar-refractivity contribution is 0.297. The minimum Gasteiger partial charge on any atom is -0.490 e. The van der Waals surface area contributed by atoms with Crippen molar-refractivity contribution in [2.24, 2.45) is 5.73 Å². The van der Waals surface area contributed by atoms with Crippen LogP contribution in [-0.4, -0.2) is 22.2 Å². The van der Waals surface area contributed by atoms with Crippen LogP contribution in [0.25, 0.3) is 0 Å². The van der Waals surface area contributed by atoms with E-state index in [1.54, 1.807) is 6.20 Å². The molecular formula is C16H22ClN3O. The van der Waals surface area contributed by atoms with Gasteiger partial charge in [0.15, 0.2) is 0 Å². The monoisotopic (exact) mass is 307 g/mol. The number of benzene rings is 1. The molecule has 0 aliphatic carbocycles. The number of nitrogens with two attached hydrogens (primary N) is 1. The van der Waals surface area contributed by atoms with E-state index in [1.807, 2.05) is 35.9 Å². The summed E-state index contributed by atoms with van der Waals surface area (Å²) < 4.78 is 7.78. The highest BCUT2D eigenvalue weighted by molar-refractivity contribution is 6.32. The Balaban J connectivity index is 1.90. The van der Waals surface area contributed by atoms with E-state index in [9.17, 15) is 0 Å². The zero-order valence-corrected chi connectivity index (χ0v) is 13.3. The number of hydrogen-bond donors (Lipinski definition) is 1. The van der Waals surface area contributed by atoms with Crippen molar-refractivity contribution in [1.29, 1.82) is 0 Å². The maximum Gasteiger partial charge on any atom is 0.137 e. The first-order chi connectivity index (χ1) is 10.1. The molecule has 1 aromatic carbocycles. The summed E-state index contributed by atoms with van der Waals surface area (Å²) in [4.78, 5) is 4.18. The molecule has 0 saturated heterocycles.